The molecule has 2 saturated heterocycles. The molecule has 3 aliphatic rings. The van der Waals surface area contributed by atoms with Crippen molar-refractivity contribution in [1.82, 2.24) is 25.3 Å². The number of hydrogen-bond acceptors (Lipinski definition) is 9. The second-order valence-corrected chi connectivity index (χ2v) is 27.2. The molecule has 6 bridgehead atoms. The number of carbonyl (C=O) groups excluding carboxylic acids is 3. The predicted molar refractivity (Wildman–Crippen MR) is 230 cm³/mol. The molecular formula is C46H60InN5O7. The monoisotopic (exact) mass is 909 g/mol. The van der Waals surface area contributed by atoms with Gasteiger partial charge in [-0.1, -0.05) is 20.8 Å². The molecule has 4 N–H and O–H groups in total. The maximum absolute atomic E-state index is 14.5. The van der Waals surface area contributed by atoms with E-state index in [4.69, 9.17) is 14.5 Å². The molecule has 2 amide bonds. The van der Waals surface area contributed by atoms with Crippen LogP contribution >= 0.6 is 0 Å². The van der Waals surface area contributed by atoms with Crippen molar-refractivity contribution in [1.29, 1.82) is 0 Å². The van der Waals surface area contributed by atoms with Gasteiger partial charge in [-0.15, -0.1) is 0 Å². The van der Waals surface area contributed by atoms with E-state index in [1.165, 1.54) is 5.01 Å². The van der Waals surface area contributed by atoms with Crippen LogP contribution in [0, 0.1) is 11.3 Å². The van der Waals surface area contributed by atoms with Crippen LogP contribution in [0.4, 0.5) is 0 Å². The Hall–Kier alpha value is -3.75. The van der Waals surface area contributed by atoms with Crippen molar-refractivity contribution in [2.24, 2.45) is 11.3 Å². The molecule has 6 atom stereocenters. The van der Waals surface area contributed by atoms with Gasteiger partial charge in [0.2, 0.25) is 0 Å². The molecule has 59 heavy (non-hydrogen) atoms. The number of nitrogens with zero attached hydrogens (tertiary/aromatic N) is 3. The summed E-state index contributed by atoms with van der Waals surface area (Å²) in [4.78, 5) is 46.2. The first-order valence-electron chi connectivity index (χ1n) is 21.4. The summed E-state index contributed by atoms with van der Waals surface area (Å²) in [5.74, 6) is -0.435. The van der Waals surface area contributed by atoms with Gasteiger partial charge in [0.05, 0.1) is 17.5 Å². The summed E-state index contributed by atoms with van der Waals surface area (Å²) in [7, 11) is 1.72. The average molecular weight is 910 g/mol. The summed E-state index contributed by atoms with van der Waals surface area (Å²) in [6.07, 6.45) is 3.98. The van der Waals surface area contributed by atoms with E-state index in [9.17, 15) is 24.6 Å². The number of aromatic nitrogens is 2. The van der Waals surface area contributed by atoms with E-state index in [1.807, 2.05) is 25.3 Å². The Bertz CT molecular complexity index is 2200. The predicted octanol–water partition coefficient (Wildman–Crippen LogP) is 6.67. The molecule has 1 unspecified atom stereocenters. The Balaban J connectivity index is 1.38. The molecule has 5 heterocycles. The fourth-order valence-corrected chi connectivity index (χ4v) is 20.1. The SMILES string of the molecule is CC[C@H](OC)c1ncccc1-c1c2c3cc(ccc3n1CC)-c1cc(O)cc(c1)C[C@H](NC(=O)[C@@H]1[C@@H](C)C[CH2][In]1[C](C)=O)C(=O)N1CCC[C@H](N1)C(O)OCC(C)(C)C2. The Morgan fingerprint density at radius 3 is 2.66 bits per heavy atom. The summed E-state index contributed by atoms with van der Waals surface area (Å²) >= 11 is -2.88. The Kier molecular flexibility index (Phi) is 13.3. The molecule has 2 aromatic carbocycles. The van der Waals surface area contributed by atoms with Crippen molar-refractivity contribution in [2.75, 3.05) is 20.3 Å². The van der Waals surface area contributed by atoms with Crippen LogP contribution < -0.4 is 10.7 Å². The summed E-state index contributed by atoms with van der Waals surface area (Å²) in [6.45, 7) is 13.5. The molecule has 0 aliphatic carbocycles. The fourth-order valence-electron chi connectivity index (χ4n) is 9.85. The average Bonchev–Trinajstić information content (AvgIpc) is 3.76. The van der Waals surface area contributed by atoms with Crippen molar-refractivity contribution >= 4 is 47.7 Å². The molecule has 13 heteroatoms. The third kappa shape index (κ3) is 9.00. The molecular weight excluding hydrogens is 849 g/mol. The number of amides is 2. The molecule has 2 aromatic heterocycles. The summed E-state index contributed by atoms with van der Waals surface area (Å²) in [5, 5.41) is 28.4. The number of benzene rings is 2. The number of pyridine rings is 1. The Labute approximate surface area is 355 Å². The van der Waals surface area contributed by atoms with Crippen LogP contribution in [0.3, 0.4) is 0 Å². The molecule has 2 fully saturated rings. The number of aryl methyl sites for hydroxylation is 1. The van der Waals surface area contributed by atoms with Gasteiger partial charge in [-0.2, -0.15) is 0 Å². The van der Waals surface area contributed by atoms with Crippen LogP contribution in [0.5, 0.6) is 5.75 Å². The summed E-state index contributed by atoms with van der Waals surface area (Å²) < 4.78 is 15.3. The number of aliphatic hydroxyl groups excluding tert-OH is 1. The third-order valence-corrected chi connectivity index (χ3v) is 23.8. The number of phenolic OH excluding ortho intramolecular Hbond substituents is 1. The number of ether oxygens (including phenoxy) is 2. The molecule has 314 valence electrons. The first-order chi connectivity index (χ1) is 28.2. The van der Waals surface area contributed by atoms with Crippen LogP contribution in [0.2, 0.25) is 7.85 Å². The quantitative estimate of drug-likeness (QED) is 0.152. The number of carbonyl (C=O) groups is 3. The number of rotatable bonds is 8. The van der Waals surface area contributed by atoms with Gasteiger partial charge in [0.25, 0.3) is 0 Å². The normalized spacial score (nSPS) is 24.2. The second-order valence-electron chi connectivity index (χ2n) is 17.7. The number of aromatic hydroxyl groups is 1. The van der Waals surface area contributed by atoms with Gasteiger partial charge in [0.1, 0.15) is 0 Å². The summed E-state index contributed by atoms with van der Waals surface area (Å²) in [5.41, 5.74) is 10.3. The fraction of sp³-hybridized carbons (Fsp3) is 0.522. The molecule has 0 saturated carbocycles. The minimum Gasteiger partial charge on any atom is -0.0574 e. The van der Waals surface area contributed by atoms with Gasteiger partial charge >= 0.3 is 247 Å². The zero-order valence-corrected chi connectivity index (χ0v) is 38.9. The van der Waals surface area contributed by atoms with E-state index in [0.29, 0.717) is 37.9 Å². The minimum absolute atomic E-state index is 0.0524. The number of aliphatic hydroxyl groups is 1. The number of hydrogen-bond donors (Lipinski definition) is 4. The van der Waals surface area contributed by atoms with Crippen molar-refractivity contribution in [3.63, 3.8) is 0 Å². The molecule has 4 aromatic rings. The van der Waals surface area contributed by atoms with E-state index in [0.717, 1.165) is 61.6 Å². The minimum atomic E-state index is -2.88. The van der Waals surface area contributed by atoms with Crippen molar-refractivity contribution in [3.8, 4) is 28.1 Å². The molecule has 12 nitrogen and oxygen atoms in total. The van der Waals surface area contributed by atoms with Gasteiger partial charge in [-0.05, 0) is 31.9 Å². The Morgan fingerprint density at radius 1 is 1.14 bits per heavy atom. The molecule has 0 spiro atoms. The zero-order chi connectivity index (χ0) is 42.2. The number of phenols is 1. The first-order valence-corrected chi connectivity index (χ1v) is 27.3. The van der Waals surface area contributed by atoms with E-state index >= 15 is 0 Å². The summed E-state index contributed by atoms with van der Waals surface area (Å²) in [6, 6.07) is 14.3. The molecule has 7 rings (SSSR count). The van der Waals surface area contributed by atoms with Gasteiger partial charge in [-0.3, -0.25) is 4.98 Å². The molecule has 3 aliphatic heterocycles. The van der Waals surface area contributed by atoms with Crippen LogP contribution in [-0.2, 0) is 43.2 Å². The van der Waals surface area contributed by atoms with Crippen LogP contribution in [0.15, 0.2) is 54.7 Å². The number of hydrazine groups is 1. The zero-order valence-electron chi connectivity index (χ0n) is 35.6. The smallest absolute Gasteiger partial charge is 0.0574 e. The van der Waals surface area contributed by atoms with E-state index in [2.05, 4.69) is 67.3 Å². The van der Waals surface area contributed by atoms with Gasteiger partial charge in [-0.25, -0.2) is 0 Å². The maximum atomic E-state index is 14.5. The van der Waals surface area contributed by atoms with Crippen molar-refractivity contribution < 1.29 is 34.1 Å². The van der Waals surface area contributed by atoms with E-state index < -0.39 is 45.2 Å². The second kappa shape index (κ2) is 18.1. The van der Waals surface area contributed by atoms with Crippen LogP contribution in [-0.4, -0.2) is 100 Å². The van der Waals surface area contributed by atoms with Gasteiger partial charge in [0, 0.05) is 25.4 Å². The topological polar surface area (TPSA) is 155 Å². The van der Waals surface area contributed by atoms with Gasteiger partial charge in [0.15, 0.2) is 0 Å². The number of fused-ring (bicyclic) bond motifs is 6. The van der Waals surface area contributed by atoms with Gasteiger partial charge < -0.3 is 9.30 Å². The molecule has 0 radical (unpaired) electrons. The van der Waals surface area contributed by atoms with E-state index in [-0.39, 0.29) is 49.8 Å². The van der Waals surface area contributed by atoms with Crippen LogP contribution in [0.25, 0.3) is 33.3 Å². The third-order valence-electron chi connectivity index (χ3n) is 12.8. The first kappa shape index (κ1) is 43.3. The van der Waals surface area contributed by atoms with Crippen molar-refractivity contribution in [3.05, 3.63) is 71.5 Å². The van der Waals surface area contributed by atoms with Crippen LogP contribution in [0.1, 0.15) is 90.2 Å². The van der Waals surface area contributed by atoms with E-state index in [1.54, 1.807) is 26.2 Å². The number of nitrogens with one attached hydrogen (secondary N) is 2. The van der Waals surface area contributed by atoms with Crippen molar-refractivity contribution in [2.45, 2.75) is 119 Å². The Morgan fingerprint density at radius 2 is 1.93 bits per heavy atom. The number of methoxy groups -OCH3 is 1. The standard InChI is InChI=1S/C44H57N5O6.C2H3O.In/c1-8-27(4)19-39(51)46-36-22-28-20-30(23-31(50)21-28)29-15-16-37-33(24-29)34(41(48(37)10-3)32-13-11-17-45-40(32)38(9-2)54-7)25-44(5,6)26-55-43(53)35-14-12-18-49(47-35)42(36)52;1-2-3;/h11,13,15-17,19-21,23-24,27,35-36,38,43,47,50,53H,1,8-10,12,14,18,22,25-26H2,2-7H3,(H,46,51);1H3;/t27-,35-,36-,38-,43?;;/m0../s1.